The molecular weight excluding hydrogens is 172 g/mol. The molecule has 12 heavy (non-hydrogen) atoms. The SMILES string of the molecule is CCC(C)n1nc(C)c(C)c1Cl. The zero-order valence-corrected chi connectivity index (χ0v) is 8.81. The molecule has 3 heteroatoms. The molecule has 0 fully saturated rings. The number of aryl methyl sites for hydroxylation is 1. The molecule has 0 saturated carbocycles. The summed E-state index contributed by atoms with van der Waals surface area (Å²) in [5.41, 5.74) is 2.12. The maximum atomic E-state index is 6.09. The van der Waals surface area contributed by atoms with Crippen molar-refractivity contribution < 1.29 is 0 Å². The quantitative estimate of drug-likeness (QED) is 0.694. The van der Waals surface area contributed by atoms with E-state index in [-0.39, 0.29) is 0 Å². The predicted octanol–water partition coefficient (Wildman–Crippen LogP) is 3.12. The van der Waals surface area contributed by atoms with Crippen molar-refractivity contribution >= 4 is 11.6 Å². The Hall–Kier alpha value is -0.500. The molecule has 0 radical (unpaired) electrons. The third kappa shape index (κ3) is 1.48. The number of nitrogens with zero attached hydrogens (tertiary/aromatic N) is 2. The second-order valence-corrected chi connectivity index (χ2v) is 3.56. The normalized spacial score (nSPS) is 13.4. The van der Waals surface area contributed by atoms with Crippen molar-refractivity contribution in [1.82, 2.24) is 9.78 Å². The first-order valence-electron chi connectivity index (χ1n) is 4.29. The summed E-state index contributed by atoms with van der Waals surface area (Å²) in [6.07, 6.45) is 1.06. The largest absolute Gasteiger partial charge is 0.251 e. The lowest BCUT2D eigenvalue weighted by molar-refractivity contribution is 0.476. The van der Waals surface area contributed by atoms with E-state index in [1.165, 1.54) is 0 Å². The van der Waals surface area contributed by atoms with Crippen LogP contribution in [0.15, 0.2) is 0 Å². The lowest BCUT2D eigenvalue weighted by Gasteiger charge is -2.09. The highest BCUT2D eigenvalue weighted by Gasteiger charge is 2.12. The summed E-state index contributed by atoms with van der Waals surface area (Å²) in [5.74, 6) is 0. The van der Waals surface area contributed by atoms with Crippen LogP contribution in [0.1, 0.15) is 37.6 Å². The van der Waals surface area contributed by atoms with E-state index >= 15 is 0 Å². The van der Waals surface area contributed by atoms with Crippen LogP contribution in [0, 0.1) is 13.8 Å². The standard InChI is InChI=1S/C9H15ClN2/c1-5-6(2)12-9(10)7(3)8(4)11-12/h6H,5H2,1-4H3. The number of hydrogen-bond donors (Lipinski definition) is 0. The van der Waals surface area contributed by atoms with Gasteiger partial charge in [-0.3, -0.25) is 4.68 Å². The Bertz CT molecular complexity index is 278. The minimum Gasteiger partial charge on any atom is -0.251 e. The molecule has 1 aromatic rings. The highest BCUT2D eigenvalue weighted by atomic mass is 35.5. The van der Waals surface area contributed by atoms with Gasteiger partial charge in [-0.15, -0.1) is 0 Å². The number of hydrogen-bond acceptors (Lipinski definition) is 1. The summed E-state index contributed by atoms with van der Waals surface area (Å²) in [6.45, 7) is 8.24. The second-order valence-electron chi connectivity index (χ2n) is 3.20. The molecule has 0 aliphatic carbocycles. The van der Waals surface area contributed by atoms with E-state index in [0.29, 0.717) is 6.04 Å². The van der Waals surface area contributed by atoms with Crippen LogP contribution >= 0.6 is 11.6 Å². The average Bonchev–Trinajstić information content (AvgIpc) is 2.32. The van der Waals surface area contributed by atoms with Gasteiger partial charge < -0.3 is 0 Å². The first-order valence-corrected chi connectivity index (χ1v) is 4.67. The van der Waals surface area contributed by atoms with E-state index in [1.54, 1.807) is 0 Å². The molecule has 1 atom stereocenters. The van der Waals surface area contributed by atoms with E-state index in [9.17, 15) is 0 Å². The Labute approximate surface area is 78.5 Å². The van der Waals surface area contributed by atoms with Crippen LogP contribution in [0.3, 0.4) is 0 Å². The molecule has 2 nitrogen and oxygen atoms in total. The van der Waals surface area contributed by atoms with E-state index in [0.717, 1.165) is 22.8 Å². The third-order valence-corrected chi connectivity index (χ3v) is 2.78. The van der Waals surface area contributed by atoms with Gasteiger partial charge in [0.1, 0.15) is 5.15 Å². The fourth-order valence-electron chi connectivity index (χ4n) is 1.07. The van der Waals surface area contributed by atoms with Crippen LogP contribution in [0.4, 0.5) is 0 Å². The molecule has 1 aromatic heterocycles. The van der Waals surface area contributed by atoms with Gasteiger partial charge in [-0.2, -0.15) is 5.10 Å². The summed E-state index contributed by atoms with van der Waals surface area (Å²) in [7, 11) is 0. The fraction of sp³-hybridized carbons (Fsp3) is 0.667. The topological polar surface area (TPSA) is 17.8 Å². The van der Waals surface area contributed by atoms with Crippen LogP contribution < -0.4 is 0 Å². The van der Waals surface area contributed by atoms with Crippen LogP contribution in [-0.2, 0) is 0 Å². The Morgan fingerprint density at radius 1 is 1.50 bits per heavy atom. The zero-order chi connectivity index (χ0) is 9.30. The third-order valence-electron chi connectivity index (χ3n) is 2.32. The van der Waals surface area contributed by atoms with E-state index in [4.69, 9.17) is 11.6 Å². The van der Waals surface area contributed by atoms with Gasteiger partial charge in [0.15, 0.2) is 0 Å². The Morgan fingerprint density at radius 3 is 2.42 bits per heavy atom. The minimum absolute atomic E-state index is 0.393. The van der Waals surface area contributed by atoms with Gasteiger partial charge >= 0.3 is 0 Å². The molecule has 1 rings (SSSR count). The molecule has 0 amide bonds. The molecule has 0 saturated heterocycles. The van der Waals surface area contributed by atoms with E-state index in [1.807, 2.05) is 18.5 Å². The van der Waals surface area contributed by atoms with Gasteiger partial charge in [0.25, 0.3) is 0 Å². The highest BCUT2D eigenvalue weighted by Crippen LogP contribution is 2.23. The first kappa shape index (κ1) is 9.59. The Kier molecular flexibility index (Phi) is 2.78. The molecule has 0 bridgehead atoms. The Morgan fingerprint density at radius 2 is 2.08 bits per heavy atom. The summed E-state index contributed by atoms with van der Waals surface area (Å²) < 4.78 is 1.90. The van der Waals surface area contributed by atoms with Crippen molar-refractivity contribution in [3.05, 3.63) is 16.4 Å². The van der Waals surface area contributed by atoms with Crippen molar-refractivity contribution in [3.63, 3.8) is 0 Å². The molecule has 1 heterocycles. The van der Waals surface area contributed by atoms with E-state index < -0.39 is 0 Å². The average molecular weight is 187 g/mol. The lowest BCUT2D eigenvalue weighted by Crippen LogP contribution is -2.05. The summed E-state index contributed by atoms with van der Waals surface area (Å²) in [6, 6.07) is 0.393. The maximum Gasteiger partial charge on any atom is 0.130 e. The lowest BCUT2D eigenvalue weighted by atomic mass is 10.2. The summed E-state index contributed by atoms with van der Waals surface area (Å²) in [4.78, 5) is 0. The van der Waals surface area contributed by atoms with Gasteiger partial charge in [-0.05, 0) is 27.2 Å². The molecule has 0 spiro atoms. The van der Waals surface area contributed by atoms with Gasteiger partial charge in [-0.1, -0.05) is 18.5 Å². The van der Waals surface area contributed by atoms with Crippen molar-refractivity contribution in [2.45, 2.75) is 40.2 Å². The minimum atomic E-state index is 0.393. The maximum absolute atomic E-state index is 6.09. The number of rotatable bonds is 2. The fourth-order valence-corrected chi connectivity index (χ4v) is 1.41. The first-order chi connectivity index (χ1) is 5.57. The summed E-state index contributed by atoms with van der Waals surface area (Å²) in [5, 5.41) is 5.14. The number of aromatic nitrogens is 2. The van der Waals surface area contributed by atoms with Gasteiger partial charge in [0.05, 0.1) is 11.7 Å². The van der Waals surface area contributed by atoms with Gasteiger partial charge in [0, 0.05) is 5.56 Å². The molecular formula is C9H15ClN2. The smallest absolute Gasteiger partial charge is 0.130 e. The second kappa shape index (κ2) is 3.48. The molecule has 68 valence electrons. The van der Waals surface area contributed by atoms with Crippen LogP contribution in [0.2, 0.25) is 5.15 Å². The van der Waals surface area contributed by atoms with Crippen molar-refractivity contribution in [3.8, 4) is 0 Å². The van der Waals surface area contributed by atoms with E-state index in [2.05, 4.69) is 18.9 Å². The van der Waals surface area contributed by atoms with Crippen LogP contribution in [0.5, 0.6) is 0 Å². The van der Waals surface area contributed by atoms with Crippen molar-refractivity contribution in [1.29, 1.82) is 0 Å². The van der Waals surface area contributed by atoms with Crippen molar-refractivity contribution in [2.75, 3.05) is 0 Å². The highest BCUT2D eigenvalue weighted by molar-refractivity contribution is 6.30. The molecule has 0 aromatic carbocycles. The Balaban J connectivity index is 3.08. The number of halogens is 1. The zero-order valence-electron chi connectivity index (χ0n) is 8.06. The monoisotopic (exact) mass is 186 g/mol. The molecule has 0 N–H and O–H groups in total. The van der Waals surface area contributed by atoms with Crippen LogP contribution in [-0.4, -0.2) is 9.78 Å². The van der Waals surface area contributed by atoms with Crippen molar-refractivity contribution in [2.24, 2.45) is 0 Å². The van der Waals surface area contributed by atoms with Crippen LogP contribution in [0.25, 0.3) is 0 Å². The molecule has 0 aliphatic heterocycles. The molecule has 1 unspecified atom stereocenters. The van der Waals surface area contributed by atoms with Gasteiger partial charge in [0.2, 0.25) is 0 Å². The summed E-state index contributed by atoms with van der Waals surface area (Å²) >= 11 is 6.09. The molecule has 0 aliphatic rings. The predicted molar refractivity (Wildman–Crippen MR) is 51.7 cm³/mol. The van der Waals surface area contributed by atoms with Gasteiger partial charge in [-0.25, -0.2) is 0 Å².